The van der Waals surface area contributed by atoms with Crippen molar-refractivity contribution in [1.29, 1.82) is 0 Å². The first kappa shape index (κ1) is 10.8. The standard InChI is InChI=1S/C9H8ClFO3/c1-13-9(12)5-14-6-2-3-7(10)8(11)4-6/h2-4H,5H2,1H3. The molecule has 0 aromatic heterocycles. The Bertz CT molecular complexity index is 341. The molecule has 14 heavy (non-hydrogen) atoms. The monoisotopic (exact) mass is 218 g/mol. The Morgan fingerprint density at radius 1 is 1.57 bits per heavy atom. The summed E-state index contributed by atoms with van der Waals surface area (Å²) in [5, 5.41) is 0.00965. The first-order valence-electron chi connectivity index (χ1n) is 3.78. The van der Waals surface area contributed by atoms with E-state index in [2.05, 4.69) is 4.74 Å². The smallest absolute Gasteiger partial charge is 0.343 e. The van der Waals surface area contributed by atoms with E-state index in [0.717, 1.165) is 6.07 Å². The van der Waals surface area contributed by atoms with E-state index in [4.69, 9.17) is 16.3 Å². The van der Waals surface area contributed by atoms with E-state index in [1.807, 2.05) is 0 Å². The first-order chi connectivity index (χ1) is 6.63. The molecule has 1 aromatic rings. The van der Waals surface area contributed by atoms with E-state index in [9.17, 15) is 9.18 Å². The molecular weight excluding hydrogens is 211 g/mol. The minimum atomic E-state index is -0.589. The Labute approximate surface area is 85.4 Å². The van der Waals surface area contributed by atoms with Crippen LogP contribution in [0.25, 0.3) is 0 Å². The van der Waals surface area contributed by atoms with Gasteiger partial charge in [0.1, 0.15) is 11.6 Å². The van der Waals surface area contributed by atoms with Crippen molar-refractivity contribution < 1.29 is 18.7 Å². The third kappa shape index (κ3) is 2.88. The van der Waals surface area contributed by atoms with E-state index in [-0.39, 0.29) is 17.4 Å². The Kier molecular flexibility index (Phi) is 3.71. The lowest BCUT2D eigenvalue weighted by atomic mass is 10.3. The van der Waals surface area contributed by atoms with Gasteiger partial charge in [0.2, 0.25) is 0 Å². The van der Waals surface area contributed by atoms with Crippen molar-refractivity contribution in [1.82, 2.24) is 0 Å². The highest BCUT2D eigenvalue weighted by atomic mass is 35.5. The van der Waals surface area contributed by atoms with Crippen LogP contribution in [0.4, 0.5) is 4.39 Å². The first-order valence-corrected chi connectivity index (χ1v) is 4.16. The molecule has 5 heteroatoms. The number of benzene rings is 1. The third-order valence-electron chi connectivity index (χ3n) is 1.48. The molecule has 0 aliphatic carbocycles. The van der Waals surface area contributed by atoms with Crippen molar-refractivity contribution in [2.45, 2.75) is 0 Å². The van der Waals surface area contributed by atoms with Gasteiger partial charge >= 0.3 is 5.97 Å². The Morgan fingerprint density at radius 2 is 2.29 bits per heavy atom. The Balaban J connectivity index is 2.60. The van der Waals surface area contributed by atoms with Gasteiger partial charge in [-0.25, -0.2) is 9.18 Å². The van der Waals surface area contributed by atoms with E-state index < -0.39 is 11.8 Å². The van der Waals surface area contributed by atoms with Gasteiger partial charge in [-0.15, -0.1) is 0 Å². The largest absolute Gasteiger partial charge is 0.482 e. The highest BCUT2D eigenvalue weighted by molar-refractivity contribution is 6.30. The summed E-state index contributed by atoms with van der Waals surface area (Å²) < 4.78 is 22.1. The number of rotatable bonds is 3. The maximum Gasteiger partial charge on any atom is 0.343 e. The fourth-order valence-electron chi connectivity index (χ4n) is 0.768. The maximum atomic E-state index is 12.9. The Morgan fingerprint density at radius 3 is 2.86 bits per heavy atom. The van der Waals surface area contributed by atoms with Crippen LogP contribution in [-0.2, 0) is 9.53 Å². The lowest BCUT2D eigenvalue weighted by molar-refractivity contribution is -0.142. The van der Waals surface area contributed by atoms with Gasteiger partial charge in [0.25, 0.3) is 0 Å². The van der Waals surface area contributed by atoms with Crippen LogP contribution < -0.4 is 4.74 Å². The Hall–Kier alpha value is -1.29. The van der Waals surface area contributed by atoms with Crippen LogP contribution in [-0.4, -0.2) is 19.7 Å². The third-order valence-corrected chi connectivity index (χ3v) is 1.78. The molecule has 0 N–H and O–H groups in total. The second-order valence-electron chi connectivity index (χ2n) is 2.44. The molecule has 0 amide bonds. The summed E-state index contributed by atoms with van der Waals surface area (Å²) in [6.45, 7) is -0.252. The summed E-state index contributed by atoms with van der Waals surface area (Å²) in [5.41, 5.74) is 0. The average Bonchev–Trinajstić information content (AvgIpc) is 2.19. The summed E-state index contributed by atoms with van der Waals surface area (Å²) in [6, 6.07) is 3.92. The summed E-state index contributed by atoms with van der Waals surface area (Å²) in [7, 11) is 1.24. The molecule has 0 unspecified atom stereocenters. The van der Waals surface area contributed by atoms with Gasteiger partial charge in [-0.1, -0.05) is 11.6 Å². The van der Waals surface area contributed by atoms with Crippen molar-refractivity contribution >= 4 is 17.6 Å². The van der Waals surface area contributed by atoms with Crippen LogP contribution >= 0.6 is 11.6 Å². The summed E-state index contributed by atoms with van der Waals surface area (Å²) in [4.78, 5) is 10.7. The fraction of sp³-hybridized carbons (Fsp3) is 0.222. The van der Waals surface area contributed by atoms with Crippen molar-refractivity contribution in [2.75, 3.05) is 13.7 Å². The summed E-state index contributed by atoms with van der Waals surface area (Å²) >= 11 is 5.45. The van der Waals surface area contributed by atoms with Crippen molar-refractivity contribution in [3.8, 4) is 5.75 Å². The number of hydrogen-bond donors (Lipinski definition) is 0. The molecule has 1 aromatic carbocycles. The number of methoxy groups -OCH3 is 1. The molecule has 76 valence electrons. The molecule has 0 atom stereocenters. The highest BCUT2D eigenvalue weighted by Gasteiger charge is 2.04. The van der Waals surface area contributed by atoms with Gasteiger partial charge in [0, 0.05) is 6.07 Å². The lowest BCUT2D eigenvalue weighted by Gasteiger charge is -2.04. The normalized spacial score (nSPS) is 9.64. The number of hydrogen-bond acceptors (Lipinski definition) is 3. The molecule has 0 bridgehead atoms. The molecule has 0 saturated heterocycles. The van der Waals surface area contributed by atoms with Crippen molar-refractivity contribution in [3.63, 3.8) is 0 Å². The van der Waals surface area contributed by atoms with Crippen molar-refractivity contribution in [2.24, 2.45) is 0 Å². The predicted octanol–water partition coefficient (Wildman–Crippen LogP) is 2.03. The number of carbonyl (C=O) groups excluding carboxylic acids is 1. The topological polar surface area (TPSA) is 35.5 Å². The molecule has 0 fully saturated rings. The highest BCUT2D eigenvalue weighted by Crippen LogP contribution is 2.20. The number of halogens is 2. The molecule has 0 aliphatic rings. The zero-order chi connectivity index (χ0) is 10.6. The molecule has 0 aliphatic heterocycles. The number of ether oxygens (including phenoxy) is 2. The fourth-order valence-corrected chi connectivity index (χ4v) is 0.885. The van der Waals surface area contributed by atoms with Gasteiger partial charge in [0.05, 0.1) is 12.1 Å². The van der Waals surface area contributed by atoms with Crippen molar-refractivity contribution in [3.05, 3.63) is 29.0 Å². The maximum absolute atomic E-state index is 12.9. The average molecular weight is 219 g/mol. The second-order valence-corrected chi connectivity index (χ2v) is 2.85. The van der Waals surface area contributed by atoms with Crippen LogP contribution in [0.3, 0.4) is 0 Å². The molecular formula is C9H8ClFO3. The van der Waals surface area contributed by atoms with Crippen LogP contribution in [0, 0.1) is 5.82 Å². The molecule has 0 spiro atoms. The van der Waals surface area contributed by atoms with Gasteiger partial charge in [-0.05, 0) is 12.1 Å². The summed E-state index contributed by atoms with van der Waals surface area (Å²) in [5.74, 6) is -0.883. The number of esters is 1. The lowest BCUT2D eigenvalue weighted by Crippen LogP contribution is -2.12. The van der Waals surface area contributed by atoms with Gasteiger partial charge in [-0.2, -0.15) is 0 Å². The van der Waals surface area contributed by atoms with E-state index in [0.29, 0.717) is 0 Å². The van der Waals surface area contributed by atoms with Crippen LogP contribution in [0.5, 0.6) is 5.75 Å². The van der Waals surface area contributed by atoms with Gasteiger partial charge in [-0.3, -0.25) is 0 Å². The molecule has 0 heterocycles. The SMILES string of the molecule is COC(=O)COc1ccc(Cl)c(F)c1. The summed E-state index contributed by atoms with van der Waals surface area (Å²) in [6.07, 6.45) is 0. The van der Waals surface area contributed by atoms with Crippen LogP contribution in [0.15, 0.2) is 18.2 Å². The van der Waals surface area contributed by atoms with Gasteiger partial charge < -0.3 is 9.47 Å². The molecule has 3 nitrogen and oxygen atoms in total. The zero-order valence-electron chi connectivity index (χ0n) is 7.42. The van der Waals surface area contributed by atoms with E-state index >= 15 is 0 Å². The predicted molar refractivity (Wildman–Crippen MR) is 48.9 cm³/mol. The van der Waals surface area contributed by atoms with E-state index in [1.165, 1.54) is 19.2 Å². The second kappa shape index (κ2) is 4.81. The zero-order valence-corrected chi connectivity index (χ0v) is 8.18. The quantitative estimate of drug-likeness (QED) is 0.729. The number of carbonyl (C=O) groups is 1. The minimum absolute atomic E-state index is 0.00965. The molecule has 1 rings (SSSR count). The van der Waals surface area contributed by atoms with Crippen LogP contribution in [0.1, 0.15) is 0 Å². The van der Waals surface area contributed by atoms with E-state index in [1.54, 1.807) is 0 Å². The van der Waals surface area contributed by atoms with Gasteiger partial charge in [0.15, 0.2) is 6.61 Å². The minimum Gasteiger partial charge on any atom is -0.482 e. The van der Waals surface area contributed by atoms with Crippen LogP contribution in [0.2, 0.25) is 5.02 Å². The molecule has 0 radical (unpaired) electrons. The molecule has 0 saturated carbocycles.